The molecule has 1 saturated heterocycles. The molecule has 6 heteroatoms. The topological polar surface area (TPSA) is 93.1 Å². The second-order valence-corrected chi connectivity index (χ2v) is 6.83. The van der Waals surface area contributed by atoms with E-state index in [1.807, 2.05) is 6.92 Å². The van der Waals surface area contributed by atoms with Gasteiger partial charge in [0.25, 0.3) is 0 Å². The monoisotopic (exact) mass is 316 g/mol. The summed E-state index contributed by atoms with van der Waals surface area (Å²) in [5.74, 6) is -1.60. The number of rotatable bonds is 11. The number of unbranched alkanes of at least 4 members (excludes halogenated alkanes) is 5. The maximum absolute atomic E-state index is 10.8. The Kier molecular flexibility index (Phi) is 7.29. The third-order valence-corrected chi connectivity index (χ3v) is 4.06. The van der Waals surface area contributed by atoms with Crippen molar-refractivity contribution < 1.29 is 29.6 Å². The van der Waals surface area contributed by atoms with Crippen molar-refractivity contribution >= 4 is 11.9 Å². The number of hydrogen-bond donors (Lipinski definition) is 2. The van der Waals surface area contributed by atoms with Gasteiger partial charge in [0.05, 0.1) is 6.42 Å². The largest absolute Gasteiger partial charge is 0.481 e. The van der Waals surface area contributed by atoms with E-state index in [1.54, 1.807) is 6.92 Å². The van der Waals surface area contributed by atoms with Gasteiger partial charge in [0, 0.05) is 12.8 Å². The van der Waals surface area contributed by atoms with Crippen LogP contribution < -0.4 is 0 Å². The second-order valence-electron chi connectivity index (χ2n) is 6.83. The van der Waals surface area contributed by atoms with E-state index in [9.17, 15) is 9.59 Å². The molecule has 0 aliphatic carbocycles. The normalized spacial score (nSPS) is 27.9. The molecule has 0 amide bonds. The van der Waals surface area contributed by atoms with Crippen LogP contribution in [0.15, 0.2) is 0 Å². The fourth-order valence-electron chi connectivity index (χ4n) is 3.08. The fraction of sp³-hybridized carbons (Fsp3) is 0.875. The summed E-state index contributed by atoms with van der Waals surface area (Å²) >= 11 is 0. The van der Waals surface area contributed by atoms with E-state index in [4.69, 9.17) is 20.0 Å². The molecule has 0 aromatic carbocycles. The molecule has 1 fully saturated rings. The van der Waals surface area contributed by atoms with Gasteiger partial charge in [-0.05, 0) is 26.7 Å². The van der Waals surface area contributed by atoms with Crippen LogP contribution in [0.1, 0.15) is 78.1 Å². The summed E-state index contributed by atoms with van der Waals surface area (Å²) in [7, 11) is 0. The average molecular weight is 316 g/mol. The molecule has 22 heavy (non-hydrogen) atoms. The number of hydrogen-bond acceptors (Lipinski definition) is 4. The molecule has 6 nitrogen and oxygen atoms in total. The first-order valence-electron chi connectivity index (χ1n) is 8.05. The molecule has 0 saturated carbocycles. The number of aliphatic carboxylic acids is 2. The first-order valence-corrected chi connectivity index (χ1v) is 8.05. The van der Waals surface area contributed by atoms with Crippen LogP contribution in [0.3, 0.4) is 0 Å². The van der Waals surface area contributed by atoms with Crippen LogP contribution in [-0.4, -0.2) is 33.4 Å². The van der Waals surface area contributed by atoms with Gasteiger partial charge in [-0.1, -0.05) is 32.1 Å². The predicted octanol–water partition coefficient (Wildman–Crippen LogP) is 3.54. The molecule has 1 rings (SSSR count). The van der Waals surface area contributed by atoms with Gasteiger partial charge in [0.15, 0.2) is 0 Å². The fourth-order valence-corrected chi connectivity index (χ4v) is 3.08. The Morgan fingerprint density at radius 1 is 0.864 bits per heavy atom. The number of carboxylic acid groups (broad SMARTS) is 2. The molecule has 0 bridgehead atoms. The molecular weight excluding hydrogens is 288 g/mol. The molecule has 1 heterocycles. The van der Waals surface area contributed by atoms with Crippen molar-refractivity contribution in [3.8, 4) is 0 Å². The van der Waals surface area contributed by atoms with Gasteiger partial charge in [0.2, 0.25) is 0 Å². The van der Waals surface area contributed by atoms with Gasteiger partial charge in [0.1, 0.15) is 11.2 Å². The summed E-state index contributed by atoms with van der Waals surface area (Å²) in [6.45, 7) is 3.74. The smallest absolute Gasteiger partial charge is 0.306 e. The first kappa shape index (κ1) is 18.9. The predicted molar refractivity (Wildman–Crippen MR) is 80.4 cm³/mol. The van der Waals surface area contributed by atoms with Crippen molar-refractivity contribution in [2.75, 3.05) is 0 Å². The van der Waals surface area contributed by atoms with Crippen molar-refractivity contribution in [1.82, 2.24) is 0 Å². The van der Waals surface area contributed by atoms with Crippen molar-refractivity contribution in [2.45, 2.75) is 89.3 Å². The zero-order chi connectivity index (χ0) is 16.6. The van der Waals surface area contributed by atoms with Gasteiger partial charge in [-0.2, -0.15) is 0 Å². The Bertz CT molecular complexity index is 383. The van der Waals surface area contributed by atoms with Crippen LogP contribution in [0.5, 0.6) is 0 Å². The summed E-state index contributed by atoms with van der Waals surface area (Å²) < 4.78 is 0. The quantitative estimate of drug-likeness (QED) is 0.447. The zero-order valence-corrected chi connectivity index (χ0v) is 13.6. The van der Waals surface area contributed by atoms with E-state index < -0.39 is 23.1 Å². The van der Waals surface area contributed by atoms with E-state index in [0.717, 1.165) is 44.9 Å². The summed E-state index contributed by atoms with van der Waals surface area (Å²) in [5.41, 5.74) is -1.15. The van der Waals surface area contributed by atoms with Crippen LogP contribution in [0.25, 0.3) is 0 Å². The first-order chi connectivity index (χ1) is 10.2. The molecule has 0 aromatic rings. The summed E-state index contributed by atoms with van der Waals surface area (Å²) in [4.78, 5) is 31.9. The van der Waals surface area contributed by atoms with Crippen LogP contribution >= 0.6 is 0 Å². The Morgan fingerprint density at radius 3 is 2.00 bits per heavy atom. The highest BCUT2D eigenvalue weighted by atomic mass is 17.2. The van der Waals surface area contributed by atoms with Gasteiger partial charge in [-0.3, -0.25) is 9.59 Å². The highest BCUT2D eigenvalue weighted by Gasteiger charge is 2.47. The van der Waals surface area contributed by atoms with Crippen LogP contribution in [0.2, 0.25) is 0 Å². The number of carboxylic acids is 2. The van der Waals surface area contributed by atoms with Crippen LogP contribution in [0.4, 0.5) is 0 Å². The highest BCUT2D eigenvalue weighted by molar-refractivity contribution is 5.68. The molecular formula is C16H28O6. The molecule has 0 radical (unpaired) electrons. The maximum Gasteiger partial charge on any atom is 0.306 e. The van der Waals surface area contributed by atoms with Crippen LogP contribution in [-0.2, 0) is 19.4 Å². The summed E-state index contributed by atoms with van der Waals surface area (Å²) in [6.07, 6.45) is 7.56. The van der Waals surface area contributed by atoms with Crippen LogP contribution in [0, 0.1) is 0 Å². The summed E-state index contributed by atoms with van der Waals surface area (Å²) in [5, 5.41) is 17.4. The Hall–Kier alpha value is -1.14. The third-order valence-electron chi connectivity index (χ3n) is 4.06. The lowest BCUT2D eigenvalue weighted by molar-refractivity contribution is -0.345. The van der Waals surface area contributed by atoms with E-state index in [2.05, 4.69) is 0 Å². The van der Waals surface area contributed by atoms with Gasteiger partial charge in [-0.25, -0.2) is 9.78 Å². The lowest BCUT2D eigenvalue weighted by Crippen LogP contribution is -2.30. The van der Waals surface area contributed by atoms with E-state index in [0.29, 0.717) is 6.42 Å². The minimum absolute atomic E-state index is 0.0494. The average Bonchev–Trinajstić information content (AvgIpc) is 2.67. The van der Waals surface area contributed by atoms with Gasteiger partial charge < -0.3 is 10.2 Å². The minimum Gasteiger partial charge on any atom is -0.481 e. The maximum atomic E-state index is 10.8. The third kappa shape index (κ3) is 7.22. The molecule has 128 valence electrons. The molecule has 0 spiro atoms. The standard InChI is InChI=1S/C16H28O6/c1-15(12-16(2,22-21-15)11-14(19)20)10-8-6-4-3-5-7-9-13(17)18/h3-12H2,1-2H3,(H,17,18)(H,19,20)/t15-,16+/m1/s1. The minimum atomic E-state index is -0.878. The van der Waals surface area contributed by atoms with Crippen molar-refractivity contribution in [3.63, 3.8) is 0 Å². The molecule has 2 atom stereocenters. The second kappa shape index (κ2) is 8.48. The lowest BCUT2D eigenvalue weighted by Gasteiger charge is -2.21. The highest BCUT2D eigenvalue weighted by Crippen LogP contribution is 2.40. The van der Waals surface area contributed by atoms with Gasteiger partial charge >= 0.3 is 11.9 Å². The summed E-state index contributed by atoms with van der Waals surface area (Å²) in [6, 6.07) is 0. The van der Waals surface area contributed by atoms with Gasteiger partial charge in [-0.15, -0.1) is 0 Å². The van der Waals surface area contributed by atoms with E-state index >= 15 is 0 Å². The SMILES string of the molecule is C[C@]1(CC(=O)O)C[C@@](C)(CCCCCCCCC(=O)O)OO1. The van der Waals surface area contributed by atoms with E-state index in [1.165, 1.54) is 0 Å². The Morgan fingerprint density at radius 2 is 1.41 bits per heavy atom. The van der Waals surface area contributed by atoms with E-state index in [-0.39, 0.29) is 12.8 Å². The Balaban J connectivity index is 2.12. The number of carbonyl (C=O) groups is 2. The lowest BCUT2D eigenvalue weighted by atomic mass is 9.85. The Labute approximate surface area is 131 Å². The van der Waals surface area contributed by atoms with Crippen molar-refractivity contribution in [3.05, 3.63) is 0 Å². The molecule has 0 aromatic heterocycles. The molecule has 1 aliphatic rings. The van der Waals surface area contributed by atoms with Crippen molar-refractivity contribution in [2.24, 2.45) is 0 Å². The molecule has 2 N–H and O–H groups in total. The molecule has 0 unspecified atom stereocenters. The van der Waals surface area contributed by atoms with Crippen molar-refractivity contribution in [1.29, 1.82) is 0 Å². The zero-order valence-electron chi connectivity index (χ0n) is 13.6. The molecule has 1 aliphatic heterocycles.